The molecule has 2 heterocycles. The summed E-state index contributed by atoms with van der Waals surface area (Å²) in [6.45, 7) is 1.65. The summed E-state index contributed by atoms with van der Waals surface area (Å²) in [4.78, 5) is 29.6. The van der Waals surface area contributed by atoms with Crippen molar-refractivity contribution in [2.75, 3.05) is 12.1 Å². The van der Waals surface area contributed by atoms with Crippen molar-refractivity contribution in [1.82, 2.24) is 9.97 Å². The van der Waals surface area contributed by atoms with E-state index in [0.29, 0.717) is 16.6 Å². The van der Waals surface area contributed by atoms with E-state index in [2.05, 4.69) is 33.3 Å². The van der Waals surface area contributed by atoms with Crippen LogP contribution in [0.4, 0.5) is 5.82 Å². The molecular formula is C13H17N5O4S2. The second-order valence-electron chi connectivity index (χ2n) is 4.52. The Bertz CT molecular complexity index is 786. The number of allylic oxidation sites excluding steroid dienone is 1. The number of hydrogen-bond donors (Lipinski definition) is 6. The molecule has 0 aliphatic heterocycles. The Morgan fingerprint density at radius 1 is 1.46 bits per heavy atom. The van der Waals surface area contributed by atoms with Crippen LogP contribution in [-0.4, -0.2) is 33.9 Å². The highest BCUT2D eigenvalue weighted by Crippen LogP contribution is 2.33. The van der Waals surface area contributed by atoms with Crippen molar-refractivity contribution in [2.45, 2.75) is 6.92 Å². The molecule has 0 saturated heterocycles. The molecule has 6 N–H and O–H groups in total. The number of methoxy groups -OCH3 is 1. The van der Waals surface area contributed by atoms with E-state index in [1.54, 1.807) is 6.92 Å². The maximum Gasteiger partial charge on any atom is 0.377 e. The maximum atomic E-state index is 11.8. The number of aromatic nitrogens is 2. The van der Waals surface area contributed by atoms with Gasteiger partial charge in [-0.05, 0) is 6.92 Å². The molecule has 0 amide bonds. The topological polar surface area (TPSA) is 148 Å². The summed E-state index contributed by atoms with van der Waals surface area (Å²) in [6.07, 6.45) is 4.07. The van der Waals surface area contributed by atoms with Crippen molar-refractivity contribution in [2.24, 2.45) is 11.6 Å². The summed E-state index contributed by atoms with van der Waals surface area (Å²) in [5.74, 6) is 3.75. The van der Waals surface area contributed by atoms with Gasteiger partial charge < -0.3 is 20.6 Å². The van der Waals surface area contributed by atoms with Gasteiger partial charge in [0.05, 0.1) is 29.8 Å². The third-order valence-corrected chi connectivity index (χ3v) is 2.90. The van der Waals surface area contributed by atoms with E-state index in [1.807, 2.05) is 0 Å². The molecule has 0 aliphatic rings. The number of hydrogen-bond acceptors (Lipinski definition) is 9. The van der Waals surface area contributed by atoms with Gasteiger partial charge in [0.1, 0.15) is 5.75 Å². The first-order valence-electron chi connectivity index (χ1n) is 6.36. The molecule has 2 aromatic rings. The molecule has 0 aliphatic carbocycles. The number of carboxylic acid groups (broad SMARTS) is 1. The van der Waals surface area contributed by atoms with Crippen LogP contribution in [0.3, 0.4) is 0 Å². The second kappa shape index (κ2) is 8.47. The molecule has 0 bridgehead atoms. The Balaban J connectivity index is 0.00000139. The minimum atomic E-state index is -1.57. The molecule has 0 unspecified atom stereocenters. The van der Waals surface area contributed by atoms with Crippen LogP contribution in [0.15, 0.2) is 24.3 Å². The van der Waals surface area contributed by atoms with Gasteiger partial charge >= 0.3 is 5.97 Å². The fraction of sp³-hybridized carbons (Fsp3) is 0.154. The van der Waals surface area contributed by atoms with E-state index in [4.69, 9.17) is 21.4 Å². The van der Waals surface area contributed by atoms with E-state index in [0.717, 1.165) is 0 Å². The molecule has 0 spiro atoms. The predicted molar refractivity (Wildman–Crippen MR) is 97.2 cm³/mol. The maximum absolute atomic E-state index is 11.8. The molecule has 11 heteroatoms. The highest BCUT2D eigenvalue weighted by atomic mass is 33.1. The van der Waals surface area contributed by atoms with Crippen molar-refractivity contribution >= 4 is 51.8 Å². The first kappa shape index (κ1) is 19.7. The highest BCUT2D eigenvalue weighted by Gasteiger charge is 2.24. The minimum Gasteiger partial charge on any atom is -0.494 e. The summed E-state index contributed by atoms with van der Waals surface area (Å²) < 4.78 is 5.15. The van der Waals surface area contributed by atoms with Crippen LogP contribution in [0.25, 0.3) is 10.9 Å². The number of ether oxygens (including phenoxy) is 1. The van der Waals surface area contributed by atoms with Crippen LogP contribution >= 0.6 is 23.3 Å². The number of nitrogens with two attached hydrogens (primary N) is 2. The number of rotatable bonds is 5. The van der Waals surface area contributed by atoms with Gasteiger partial charge in [0.25, 0.3) is 5.78 Å². The van der Waals surface area contributed by atoms with Gasteiger partial charge in [-0.3, -0.25) is 9.80 Å². The largest absolute Gasteiger partial charge is 0.494 e. The minimum absolute atomic E-state index is 0.0372. The molecule has 130 valence electrons. The lowest BCUT2D eigenvalue weighted by Gasteiger charge is -2.15. The van der Waals surface area contributed by atoms with Crippen molar-refractivity contribution in [3.05, 3.63) is 29.9 Å². The molecule has 2 aromatic heterocycles. The van der Waals surface area contributed by atoms with Crippen LogP contribution < -0.4 is 21.3 Å². The van der Waals surface area contributed by atoms with Gasteiger partial charge in [0, 0.05) is 18.1 Å². The van der Waals surface area contributed by atoms with E-state index in [9.17, 15) is 9.59 Å². The molecular weight excluding hydrogens is 354 g/mol. The fourth-order valence-corrected chi connectivity index (χ4v) is 2.03. The fourth-order valence-electron chi connectivity index (χ4n) is 2.03. The van der Waals surface area contributed by atoms with Crippen LogP contribution in [0, 0.1) is 0 Å². The Kier molecular flexibility index (Phi) is 6.95. The number of nitrogens with zero attached hydrogens (tertiary/aromatic N) is 2. The number of pyridine rings is 1. The number of aliphatic carboxylic acids is 1. The number of nitrogens with one attached hydrogen (secondary N) is 1. The van der Waals surface area contributed by atoms with Crippen molar-refractivity contribution in [1.29, 1.82) is 0 Å². The van der Waals surface area contributed by atoms with Crippen LogP contribution in [0.5, 0.6) is 5.75 Å². The third kappa shape index (κ3) is 3.93. The second-order valence-corrected chi connectivity index (χ2v) is 4.52. The zero-order valence-electron chi connectivity index (χ0n) is 12.8. The molecule has 0 saturated carbocycles. The van der Waals surface area contributed by atoms with Crippen LogP contribution in [0.1, 0.15) is 17.3 Å². The number of ketones is 1. The van der Waals surface area contributed by atoms with Crippen LogP contribution in [0.2, 0.25) is 0 Å². The number of Topliss-reactive ketones (excluding diaryl/α,β-unsaturated/α-hetero) is 1. The monoisotopic (exact) mass is 371 g/mol. The van der Waals surface area contributed by atoms with Crippen molar-refractivity contribution in [3.8, 4) is 5.75 Å². The zero-order chi connectivity index (χ0) is 18.4. The van der Waals surface area contributed by atoms with E-state index >= 15 is 0 Å². The Morgan fingerprint density at radius 3 is 2.58 bits per heavy atom. The van der Waals surface area contributed by atoms with E-state index < -0.39 is 11.8 Å². The zero-order valence-corrected chi connectivity index (χ0v) is 14.6. The first-order valence-corrected chi connectivity index (χ1v) is 7.96. The number of carboxylic acids is 1. The van der Waals surface area contributed by atoms with Gasteiger partial charge in [-0.15, -0.1) is 23.3 Å². The lowest BCUT2D eigenvalue weighted by molar-refractivity contribution is -0.131. The summed E-state index contributed by atoms with van der Waals surface area (Å²) in [5, 5.41) is 10.4. The van der Waals surface area contributed by atoms with Crippen molar-refractivity contribution in [3.63, 3.8) is 0 Å². The molecule has 2 rings (SSSR count). The van der Waals surface area contributed by atoms with Crippen LogP contribution in [-0.2, 0) is 4.79 Å². The number of aromatic amines is 1. The molecule has 0 atom stereocenters. The average Bonchev–Trinajstić information content (AvgIpc) is 2.99. The highest BCUT2D eigenvalue weighted by molar-refractivity contribution is 8.59. The number of thiol groups is 2. The van der Waals surface area contributed by atoms with Crippen molar-refractivity contribution < 1.29 is 19.4 Å². The number of anilines is 1. The Morgan fingerprint density at radius 2 is 2.08 bits per heavy atom. The van der Waals surface area contributed by atoms with Gasteiger partial charge in [-0.1, -0.05) is 0 Å². The van der Waals surface area contributed by atoms with Gasteiger partial charge in [-0.25, -0.2) is 15.6 Å². The lowest BCUT2D eigenvalue weighted by Crippen LogP contribution is -2.27. The normalized spacial score (nSPS) is 10.8. The predicted octanol–water partition coefficient (Wildman–Crippen LogP) is 1.10. The average molecular weight is 371 g/mol. The van der Waals surface area contributed by atoms with E-state index in [-0.39, 0.29) is 17.1 Å². The molecule has 0 fully saturated rings. The number of fused-ring (bicyclic) bond motifs is 1. The third-order valence-electron chi connectivity index (χ3n) is 2.90. The summed E-state index contributed by atoms with van der Waals surface area (Å²) in [7, 11) is 1.39. The number of carbonyl (C=O) groups excluding carboxylic acids is 1. The number of carbonyl (C=O) groups is 2. The van der Waals surface area contributed by atoms with Gasteiger partial charge in [-0.2, -0.15) is 0 Å². The summed E-state index contributed by atoms with van der Waals surface area (Å²) in [5.41, 5.74) is 6.34. The SMILES string of the molecule is COc1cnc(N(N)/C=C(/C)N)c2[nH]cc(C(=O)C(=O)O)c12.SS. The lowest BCUT2D eigenvalue weighted by atomic mass is 10.1. The first-order chi connectivity index (χ1) is 11.4. The molecule has 0 radical (unpaired) electrons. The number of H-pyrrole nitrogens is 1. The molecule has 9 nitrogen and oxygen atoms in total. The molecule has 0 aromatic carbocycles. The molecule has 24 heavy (non-hydrogen) atoms. The standard InChI is InChI=1S/C13H15N5O4.H2S2/c1-6(14)5-18(15)12-10-9(8(22-2)4-17-12)7(3-16-10)11(19)13(20)21;1-2/h3-5,16H,14-15H2,1-2H3,(H,20,21);1-2H/b6-5-;. The van der Waals surface area contributed by atoms with E-state index in [1.165, 1.54) is 30.7 Å². The quantitative estimate of drug-likeness (QED) is 0.114. The van der Waals surface area contributed by atoms with Gasteiger partial charge in [0.15, 0.2) is 5.82 Å². The Hall–Kier alpha value is -2.37. The van der Waals surface area contributed by atoms with Gasteiger partial charge in [0.2, 0.25) is 0 Å². The summed E-state index contributed by atoms with van der Waals surface area (Å²) in [6, 6.07) is 0. The number of hydrazine groups is 1. The Labute approximate surface area is 147 Å². The summed E-state index contributed by atoms with van der Waals surface area (Å²) >= 11 is 6.44. The smallest absolute Gasteiger partial charge is 0.377 e.